The first kappa shape index (κ1) is 25.6. The summed E-state index contributed by atoms with van der Waals surface area (Å²) in [6, 6.07) is 0. The summed E-state index contributed by atoms with van der Waals surface area (Å²) < 4.78 is 110. The van der Waals surface area contributed by atoms with E-state index in [9.17, 15) is 43.9 Å². The molecule has 0 aromatic carbocycles. The molecule has 28 heavy (non-hydrogen) atoms. The molecule has 0 bridgehead atoms. The first-order valence-corrected chi connectivity index (χ1v) is 14.4. The van der Waals surface area contributed by atoms with E-state index in [1.807, 2.05) is 0 Å². The van der Waals surface area contributed by atoms with Crippen molar-refractivity contribution in [2.75, 3.05) is 25.0 Å². The Kier molecular flexibility index (Phi) is 7.64. The van der Waals surface area contributed by atoms with E-state index in [0.29, 0.717) is 25.0 Å². The maximum Gasteiger partial charge on any atom is 0.264 e. The van der Waals surface area contributed by atoms with E-state index < -0.39 is 77.1 Å². The number of hydrogen-bond acceptors (Lipinski definition) is 14. The molecule has 1 aliphatic rings. The monoisotopic (exact) mass is 492 g/mol. The minimum absolute atomic E-state index is 0.506. The molecule has 1 aliphatic carbocycles. The molecular formula is C10H20O14S4. The van der Waals surface area contributed by atoms with Crippen molar-refractivity contribution in [2.45, 2.75) is 36.6 Å². The number of aliphatic hydroxyl groups excluding tert-OH is 2. The lowest BCUT2D eigenvalue weighted by atomic mass is 9.85. The molecule has 0 aliphatic heterocycles. The van der Waals surface area contributed by atoms with Gasteiger partial charge >= 0.3 is 0 Å². The first-order valence-electron chi connectivity index (χ1n) is 7.09. The summed E-state index contributed by atoms with van der Waals surface area (Å²) in [6.45, 7) is 0. The second kappa shape index (κ2) is 8.36. The van der Waals surface area contributed by atoms with E-state index in [0.717, 1.165) is 0 Å². The summed E-state index contributed by atoms with van der Waals surface area (Å²) in [5, 5.41) is 20.3. The lowest BCUT2D eigenvalue weighted by molar-refractivity contribution is -0.193. The highest BCUT2D eigenvalue weighted by molar-refractivity contribution is 7.86. The Bertz CT molecular complexity index is 897. The van der Waals surface area contributed by atoms with E-state index in [-0.39, 0.29) is 0 Å². The predicted molar refractivity (Wildman–Crippen MR) is 90.9 cm³/mol. The normalized spacial score (nSPS) is 32.9. The molecule has 14 nitrogen and oxygen atoms in total. The van der Waals surface area contributed by atoms with Crippen molar-refractivity contribution in [2.24, 2.45) is 0 Å². The van der Waals surface area contributed by atoms with E-state index in [1.54, 1.807) is 0 Å². The van der Waals surface area contributed by atoms with Crippen LogP contribution in [0, 0.1) is 0 Å². The third kappa shape index (κ3) is 8.13. The van der Waals surface area contributed by atoms with E-state index >= 15 is 0 Å². The smallest absolute Gasteiger partial charge is 0.264 e. The Balaban J connectivity index is 3.62. The third-order valence-electron chi connectivity index (χ3n) is 3.14. The van der Waals surface area contributed by atoms with Crippen LogP contribution in [0.5, 0.6) is 0 Å². The SMILES string of the molecule is CS(=O)(=O)OC1C(O)C(O)C(OS(C)(=O)=O)C(OS(C)(=O)=O)C1OS(C)(=O)=O. The lowest BCUT2D eigenvalue weighted by Gasteiger charge is -2.44. The minimum Gasteiger partial charge on any atom is -0.387 e. The van der Waals surface area contributed by atoms with Crippen LogP contribution in [-0.2, 0) is 57.2 Å². The Hall–Kier alpha value is -0.440. The molecule has 1 fully saturated rings. The zero-order chi connectivity index (χ0) is 22.3. The van der Waals surface area contributed by atoms with Gasteiger partial charge in [0.05, 0.1) is 25.0 Å². The van der Waals surface area contributed by atoms with Crippen molar-refractivity contribution >= 4 is 40.5 Å². The second-order valence-electron chi connectivity index (χ2n) is 6.04. The molecule has 0 aromatic rings. The van der Waals surface area contributed by atoms with Crippen molar-refractivity contribution in [3.05, 3.63) is 0 Å². The van der Waals surface area contributed by atoms with Crippen LogP contribution in [-0.4, -0.2) is 106 Å². The third-order valence-corrected chi connectivity index (χ3v) is 5.43. The van der Waals surface area contributed by atoms with Gasteiger partial charge in [-0.2, -0.15) is 33.7 Å². The molecule has 6 atom stereocenters. The first-order chi connectivity index (χ1) is 12.2. The minimum atomic E-state index is -4.46. The van der Waals surface area contributed by atoms with Gasteiger partial charge in [-0.3, -0.25) is 16.7 Å². The molecular weight excluding hydrogens is 472 g/mol. The van der Waals surface area contributed by atoms with Gasteiger partial charge in [0.25, 0.3) is 40.5 Å². The predicted octanol–water partition coefficient (Wildman–Crippen LogP) is -3.90. The van der Waals surface area contributed by atoms with E-state index in [1.165, 1.54) is 0 Å². The van der Waals surface area contributed by atoms with Crippen LogP contribution in [0.4, 0.5) is 0 Å². The van der Waals surface area contributed by atoms with Crippen molar-refractivity contribution in [1.82, 2.24) is 0 Å². The fourth-order valence-corrected chi connectivity index (χ4v) is 4.90. The lowest BCUT2D eigenvalue weighted by Crippen LogP contribution is -2.67. The molecule has 0 amide bonds. The van der Waals surface area contributed by atoms with Gasteiger partial charge in [0.1, 0.15) is 36.6 Å². The van der Waals surface area contributed by atoms with Crippen LogP contribution in [0.25, 0.3) is 0 Å². The Morgan fingerprint density at radius 1 is 0.464 bits per heavy atom. The zero-order valence-corrected chi connectivity index (χ0v) is 18.2. The van der Waals surface area contributed by atoms with Gasteiger partial charge in [0.2, 0.25) is 0 Å². The summed E-state index contributed by atoms with van der Waals surface area (Å²) in [5.74, 6) is 0. The quantitative estimate of drug-likeness (QED) is 0.310. The van der Waals surface area contributed by atoms with E-state index in [2.05, 4.69) is 16.7 Å². The Morgan fingerprint density at radius 3 is 0.821 bits per heavy atom. The van der Waals surface area contributed by atoms with Crippen molar-refractivity contribution in [1.29, 1.82) is 0 Å². The number of rotatable bonds is 8. The van der Waals surface area contributed by atoms with Crippen molar-refractivity contribution in [3.63, 3.8) is 0 Å². The van der Waals surface area contributed by atoms with E-state index in [4.69, 9.17) is 0 Å². The molecule has 1 saturated carbocycles. The van der Waals surface area contributed by atoms with Gasteiger partial charge in [-0.25, -0.2) is 0 Å². The molecule has 0 aromatic heterocycles. The summed E-state index contributed by atoms with van der Waals surface area (Å²) >= 11 is 0. The van der Waals surface area contributed by atoms with Gasteiger partial charge in [-0.15, -0.1) is 0 Å². The highest BCUT2D eigenvalue weighted by atomic mass is 32.2. The number of aliphatic hydroxyl groups is 2. The average molecular weight is 493 g/mol. The van der Waals surface area contributed by atoms with Crippen molar-refractivity contribution in [3.8, 4) is 0 Å². The molecule has 1 rings (SSSR count). The second-order valence-corrected chi connectivity index (χ2v) is 12.4. The maximum absolute atomic E-state index is 11.6. The Morgan fingerprint density at radius 2 is 0.643 bits per heavy atom. The molecule has 0 saturated heterocycles. The van der Waals surface area contributed by atoms with Crippen LogP contribution in [0.3, 0.4) is 0 Å². The fraction of sp³-hybridized carbons (Fsp3) is 1.00. The van der Waals surface area contributed by atoms with Gasteiger partial charge in [0.15, 0.2) is 0 Å². The molecule has 168 valence electrons. The topological polar surface area (TPSA) is 214 Å². The molecule has 2 N–H and O–H groups in total. The van der Waals surface area contributed by atoms with Crippen molar-refractivity contribution < 1.29 is 60.6 Å². The van der Waals surface area contributed by atoms with Crippen LogP contribution in [0.1, 0.15) is 0 Å². The van der Waals surface area contributed by atoms with Crippen LogP contribution < -0.4 is 0 Å². The molecule has 6 unspecified atom stereocenters. The maximum atomic E-state index is 11.6. The standard InChI is InChI=1S/C10H20O14S4/c1-25(13,14)21-7-5(11)6(12)8(22-26(2,15)16)10(24-28(4,19)20)9(7)23-27(3,17)18/h5-12H,1-4H3. The summed E-state index contributed by atoms with van der Waals surface area (Å²) in [6.07, 6.45) is -11.3. The molecule has 0 heterocycles. The largest absolute Gasteiger partial charge is 0.387 e. The van der Waals surface area contributed by atoms with Gasteiger partial charge < -0.3 is 10.2 Å². The highest BCUT2D eigenvalue weighted by Gasteiger charge is 2.57. The Labute approximate surface area is 162 Å². The summed E-state index contributed by atoms with van der Waals surface area (Å²) in [4.78, 5) is 0. The van der Waals surface area contributed by atoms with Gasteiger partial charge in [-0.05, 0) is 0 Å². The highest BCUT2D eigenvalue weighted by Crippen LogP contribution is 2.33. The molecule has 0 radical (unpaired) electrons. The summed E-state index contributed by atoms with van der Waals surface area (Å²) in [5.41, 5.74) is 0. The molecule has 18 heteroatoms. The average Bonchev–Trinajstić information content (AvgIpc) is 2.39. The van der Waals surface area contributed by atoms with Crippen LogP contribution in [0.15, 0.2) is 0 Å². The van der Waals surface area contributed by atoms with Crippen LogP contribution >= 0.6 is 0 Å². The number of hydrogen-bond donors (Lipinski definition) is 2. The van der Waals surface area contributed by atoms with Gasteiger partial charge in [0, 0.05) is 0 Å². The van der Waals surface area contributed by atoms with Gasteiger partial charge in [-0.1, -0.05) is 0 Å². The zero-order valence-electron chi connectivity index (χ0n) is 14.9. The molecule has 0 spiro atoms. The summed E-state index contributed by atoms with van der Waals surface area (Å²) in [7, 11) is -17.7. The fourth-order valence-electron chi connectivity index (χ4n) is 2.40. The van der Waals surface area contributed by atoms with Crippen LogP contribution in [0.2, 0.25) is 0 Å².